The van der Waals surface area contributed by atoms with Crippen molar-refractivity contribution in [3.63, 3.8) is 0 Å². The van der Waals surface area contributed by atoms with Crippen LogP contribution in [0.3, 0.4) is 0 Å². The van der Waals surface area contributed by atoms with Crippen LogP contribution in [0.5, 0.6) is 0 Å². The lowest BCUT2D eigenvalue weighted by Crippen LogP contribution is -2.49. The van der Waals surface area contributed by atoms with Crippen molar-refractivity contribution in [3.05, 3.63) is 0 Å². The molecule has 0 radical (unpaired) electrons. The molecule has 2 bridgehead atoms. The zero-order valence-electron chi connectivity index (χ0n) is 9.44. The SMILES string of the molecule is CCOC1C[C@@H]2CN(C(C)C)C1[C@@H]2N. The molecule has 2 fully saturated rings. The standard InChI is InChI=1S/C11H22N2O/c1-4-14-9-5-8-6-13(7(2)3)11(9)10(8)12/h7-11H,4-6,12H2,1-3H3/t8-,9?,10-,11?/m1/s1. The van der Waals surface area contributed by atoms with Crippen LogP contribution in [0.4, 0.5) is 0 Å². The van der Waals surface area contributed by atoms with Crippen LogP contribution in [0.2, 0.25) is 0 Å². The molecule has 2 rings (SSSR count). The van der Waals surface area contributed by atoms with Crippen LogP contribution in [0.15, 0.2) is 0 Å². The van der Waals surface area contributed by atoms with E-state index >= 15 is 0 Å². The number of nitrogens with two attached hydrogens (primary N) is 1. The molecule has 1 saturated heterocycles. The third-order valence-electron chi connectivity index (χ3n) is 3.73. The summed E-state index contributed by atoms with van der Waals surface area (Å²) < 4.78 is 5.77. The van der Waals surface area contributed by atoms with E-state index in [1.54, 1.807) is 0 Å². The van der Waals surface area contributed by atoms with Gasteiger partial charge in [0.05, 0.1) is 12.1 Å². The summed E-state index contributed by atoms with van der Waals surface area (Å²) in [5, 5.41) is 0. The molecule has 4 atom stereocenters. The molecule has 3 heteroatoms. The van der Waals surface area contributed by atoms with Gasteiger partial charge in [-0.2, -0.15) is 0 Å². The van der Waals surface area contributed by atoms with Gasteiger partial charge in [0.15, 0.2) is 0 Å². The highest BCUT2D eigenvalue weighted by Crippen LogP contribution is 2.39. The van der Waals surface area contributed by atoms with Crippen LogP contribution < -0.4 is 5.73 Å². The van der Waals surface area contributed by atoms with E-state index < -0.39 is 0 Å². The number of likely N-dealkylation sites (tertiary alicyclic amines) is 1. The molecule has 1 saturated carbocycles. The molecule has 0 aromatic heterocycles. The average Bonchev–Trinajstić information content (AvgIpc) is 2.59. The molecule has 1 heterocycles. The van der Waals surface area contributed by atoms with Crippen LogP contribution in [-0.2, 0) is 4.74 Å². The van der Waals surface area contributed by atoms with Crippen LogP contribution in [0.1, 0.15) is 27.2 Å². The highest BCUT2D eigenvalue weighted by atomic mass is 16.5. The van der Waals surface area contributed by atoms with Crippen molar-refractivity contribution in [2.75, 3.05) is 13.2 Å². The number of hydrogen-bond acceptors (Lipinski definition) is 3. The Morgan fingerprint density at radius 1 is 1.50 bits per heavy atom. The molecule has 14 heavy (non-hydrogen) atoms. The molecular formula is C11H22N2O. The van der Waals surface area contributed by atoms with E-state index in [-0.39, 0.29) is 0 Å². The van der Waals surface area contributed by atoms with E-state index in [0.29, 0.717) is 30.1 Å². The normalized spacial score (nSPS) is 42.6. The van der Waals surface area contributed by atoms with Gasteiger partial charge in [0.1, 0.15) is 0 Å². The number of nitrogens with zero attached hydrogens (tertiary/aromatic N) is 1. The van der Waals surface area contributed by atoms with Crippen LogP contribution in [-0.4, -0.2) is 42.3 Å². The fourth-order valence-electron chi connectivity index (χ4n) is 3.08. The minimum absolute atomic E-state index is 0.342. The van der Waals surface area contributed by atoms with Gasteiger partial charge in [-0.1, -0.05) is 0 Å². The van der Waals surface area contributed by atoms with E-state index in [1.165, 1.54) is 13.0 Å². The highest BCUT2D eigenvalue weighted by molar-refractivity contribution is 5.08. The number of rotatable bonds is 3. The van der Waals surface area contributed by atoms with Crippen molar-refractivity contribution in [1.29, 1.82) is 0 Å². The monoisotopic (exact) mass is 198 g/mol. The molecule has 1 aliphatic heterocycles. The summed E-state index contributed by atoms with van der Waals surface area (Å²) in [4.78, 5) is 2.51. The number of hydrogen-bond donors (Lipinski definition) is 1. The lowest BCUT2D eigenvalue weighted by Gasteiger charge is -2.35. The second-order valence-corrected chi connectivity index (χ2v) is 4.85. The Labute approximate surface area is 86.6 Å². The average molecular weight is 198 g/mol. The smallest absolute Gasteiger partial charge is 0.0749 e. The van der Waals surface area contributed by atoms with Crippen LogP contribution in [0, 0.1) is 5.92 Å². The van der Waals surface area contributed by atoms with Gasteiger partial charge in [0, 0.05) is 25.2 Å². The highest BCUT2D eigenvalue weighted by Gasteiger charge is 2.51. The van der Waals surface area contributed by atoms with Gasteiger partial charge in [-0.25, -0.2) is 0 Å². The van der Waals surface area contributed by atoms with Crippen LogP contribution in [0.25, 0.3) is 0 Å². The molecule has 2 aliphatic rings. The van der Waals surface area contributed by atoms with Gasteiger partial charge in [-0.3, -0.25) is 4.90 Å². The molecule has 0 aromatic carbocycles. The van der Waals surface area contributed by atoms with Gasteiger partial charge in [0.2, 0.25) is 0 Å². The Morgan fingerprint density at radius 2 is 2.21 bits per heavy atom. The summed E-state index contributed by atoms with van der Waals surface area (Å²) in [5.41, 5.74) is 6.21. The molecular weight excluding hydrogens is 176 g/mol. The van der Waals surface area contributed by atoms with E-state index in [9.17, 15) is 0 Å². The molecule has 1 aliphatic carbocycles. The van der Waals surface area contributed by atoms with Gasteiger partial charge in [-0.15, -0.1) is 0 Å². The summed E-state index contributed by atoms with van der Waals surface area (Å²) >= 11 is 0. The number of piperidine rings is 1. The summed E-state index contributed by atoms with van der Waals surface area (Å²) in [5.74, 6) is 0.666. The van der Waals surface area contributed by atoms with Crippen molar-refractivity contribution < 1.29 is 4.74 Å². The Morgan fingerprint density at radius 3 is 2.71 bits per heavy atom. The molecule has 3 nitrogen and oxygen atoms in total. The summed E-state index contributed by atoms with van der Waals surface area (Å²) in [6.45, 7) is 8.55. The minimum atomic E-state index is 0.342. The van der Waals surface area contributed by atoms with E-state index in [1.807, 2.05) is 0 Å². The fraction of sp³-hybridized carbons (Fsp3) is 1.00. The molecule has 0 aromatic rings. The zero-order valence-corrected chi connectivity index (χ0v) is 9.44. The van der Waals surface area contributed by atoms with Crippen molar-refractivity contribution in [3.8, 4) is 0 Å². The lowest BCUT2D eigenvalue weighted by molar-refractivity contribution is -0.0151. The Balaban J connectivity index is 2.07. The first-order chi connectivity index (χ1) is 6.65. The Kier molecular flexibility index (Phi) is 2.82. The molecule has 0 spiro atoms. The maximum Gasteiger partial charge on any atom is 0.0749 e. The first-order valence-electron chi connectivity index (χ1n) is 5.78. The fourth-order valence-corrected chi connectivity index (χ4v) is 3.08. The molecule has 0 amide bonds. The minimum Gasteiger partial charge on any atom is -0.377 e. The van der Waals surface area contributed by atoms with Crippen LogP contribution >= 0.6 is 0 Å². The first-order valence-corrected chi connectivity index (χ1v) is 5.78. The topological polar surface area (TPSA) is 38.5 Å². The van der Waals surface area contributed by atoms with Crippen molar-refractivity contribution >= 4 is 0 Å². The van der Waals surface area contributed by atoms with E-state index in [2.05, 4.69) is 25.7 Å². The van der Waals surface area contributed by atoms with Crippen molar-refractivity contribution in [2.24, 2.45) is 11.7 Å². The zero-order chi connectivity index (χ0) is 10.3. The molecule has 82 valence electrons. The van der Waals surface area contributed by atoms with E-state index in [0.717, 1.165) is 6.61 Å². The predicted octanol–water partition coefficient (Wildman–Crippen LogP) is 0.831. The maximum absolute atomic E-state index is 6.21. The summed E-state index contributed by atoms with van der Waals surface area (Å²) in [6, 6.07) is 1.41. The van der Waals surface area contributed by atoms with Crippen molar-refractivity contribution in [1.82, 2.24) is 4.90 Å². The number of ether oxygens (including phenoxy) is 1. The maximum atomic E-state index is 6.21. The third-order valence-corrected chi connectivity index (χ3v) is 3.73. The number of fused-ring (bicyclic) bond motifs is 2. The Bertz CT molecular complexity index is 207. The second kappa shape index (κ2) is 3.80. The third kappa shape index (κ3) is 1.47. The molecule has 2 N–H and O–H groups in total. The molecule has 2 unspecified atom stereocenters. The lowest BCUT2D eigenvalue weighted by atomic mass is 10.1. The van der Waals surface area contributed by atoms with Gasteiger partial charge in [-0.05, 0) is 33.1 Å². The van der Waals surface area contributed by atoms with Gasteiger partial charge >= 0.3 is 0 Å². The van der Waals surface area contributed by atoms with Gasteiger partial charge in [0.25, 0.3) is 0 Å². The summed E-state index contributed by atoms with van der Waals surface area (Å²) in [7, 11) is 0. The second-order valence-electron chi connectivity index (χ2n) is 4.85. The van der Waals surface area contributed by atoms with E-state index in [4.69, 9.17) is 10.5 Å². The summed E-state index contributed by atoms with van der Waals surface area (Å²) in [6.07, 6.45) is 1.55. The first kappa shape index (κ1) is 10.4. The Hall–Kier alpha value is -0.120. The largest absolute Gasteiger partial charge is 0.377 e. The van der Waals surface area contributed by atoms with Gasteiger partial charge < -0.3 is 10.5 Å². The quantitative estimate of drug-likeness (QED) is 0.730. The van der Waals surface area contributed by atoms with Crippen molar-refractivity contribution in [2.45, 2.75) is 51.4 Å². The predicted molar refractivity (Wildman–Crippen MR) is 57.1 cm³/mol.